The number of amides is 1. The van der Waals surface area contributed by atoms with Crippen LogP contribution >= 0.6 is 0 Å². The molecule has 0 saturated carbocycles. The fourth-order valence-electron chi connectivity index (χ4n) is 3.04. The molecule has 1 fully saturated rings. The summed E-state index contributed by atoms with van der Waals surface area (Å²) in [5.41, 5.74) is 2.10. The van der Waals surface area contributed by atoms with Crippen molar-refractivity contribution in [2.24, 2.45) is 0 Å². The van der Waals surface area contributed by atoms with Crippen LogP contribution in [0.5, 0.6) is 0 Å². The van der Waals surface area contributed by atoms with Crippen LogP contribution in [0.15, 0.2) is 29.0 Å². The third-order valence-electron chi connectivity index (χ3n) is 4.22. The number of nitrogens with zero attached hydrogens (tertiary/aromatic N) is 3. The molecule has 6 heteroatoms. The van der Waals surface area contributed by atoms with E-state index in [-0.39, 0.29) is 5.91 Å². The Morgan fingerprint density at radius 3 is 2.87 bits per heavy atom. The lowest BCUT2D eigenvalue weighted by Crippen LogP contribution is -2.38. The van der Waals surface area contributed by atoms with Gasteiger partial charge in [-0.1, -0.05) is 0 Å². The molecule has 122 valence electrons. The van der Waals surface area contributed by atoms with Gasteiger partial charge in [0.2, 0.25) is 0 Å². The molecule has 0 unspecified atom stereocenters. The molecule has 0 aromatic carbocycles. The van der Waals surface area contributed by atoms with E-state index in [0.717, 1.165) is 29.9 Å². The van der Waals surface area contributed by atoms with E-state index in [9.17, 15) is 4.79 Å². The van der Waals surface area contributed by atoms with Crippen molar-refractivity contribution >= 4 is 5.91 Å². The van der Waals surface area contributed by atoms with E-state index in [1.165, 1.54) is 6.26 Å². The lowest BCUT2D eigenvalue weighted by atomic mass is 9.91. The number of furan rings is 1. The topological polar surface area (TPSA) is 68.5 Å². The predicted molar refractivity (Wildman–Crippen MR) is 84.1 cm³/mol. The molecule has 2 aromatic rings. The van der Waals surface area contributed by atoms with Gasteiger partial charge in [0.25, 0.3) is 5.91 Å². The minimum absolute atomic E-state index is 0.0376. The summed E-state index contributed by atoms with van der Waals surface area (Å²) >= 11 is 0. The molecule has 0 spiro atoms. The maximum atomic E-state index is 12.3. The number of methoxy groups -OCH3 is 1. The quantitative estimate of drug-likeness (QED) is 0.867. The van der Waals surface area contributed by atoms with E-state index < -0.39 is 0 Å². The summed E-state index contributed by atoms with van der Waals surface area (Å²) in [5, 5.41) is 0. The van der Waals surface area contributed by atoms with E-state index in [4.69, 9.17) is 9.15 Å². The Hall–Kier alpha value is -2.21. The zero-order valence-corrected chi connectivity index (χ0v) is 13.5. The first-order chi connectivity index (χ1) is 11.2. The first-order valence-corrected chi connectivity index (χ1v) is 7.83. The molecular formula is C17H21N3O3. The van der Waals surface area contributed by atoms with Crippen LogP contribution in [0.2, 0.25) is 0 Å². The van der Waals surface area contributed by atoms with Crippen LogP contribution in [0.1, 0.15) is 46.4 Å². The van der Waals surface area contributed by atoms with Gasteiger partial charge >= 0.3 is 0 Å². The van der Waals surface area contributed by atoms with Crippen molar-refractivity contribution in [1.82, 2.24) is 14.9 Å². The van der Waals surface area contributed by atoms with Gasteiger partial charge in [-0.2, -0.15) is 0 Å². The molecule has 0 N–H and O–H groups in total. The van der Waals surface area contributed by atoms with Crippen LogP contribution in [-0.4, -0.2) is 41.0 Å². The summed E-state index contributed by atoms with van der Waals surface area (Å²) in [4.78, 5) is 23.0. The van der Waals surface area contributed by atoms with Crippen molar-refractivity contribution in [3.05, 3.63) is 47.4 Å². The van der Waals surface area contributed by atoms with Crippen LogP contribution in [-0.2, 0) is 11.3 Å². The SMILES string of the molecule is COCc1cnc(C)nc1C1CCN(C(=O)c2ccco2)CC1. The lowest BCUT2D eigenvalue weighted by Gasteiger charge is -2.32. The van der Waals surface area contributed by atoms with Gasteiger partial charge in [-0.25, -0.2) is 9.97 Å². The number of piperidine rings is 1. The monoisotopic (exact) mass is 315 g/mol. The highest BCUT2D eigenvalue weighted by molar-refractivity contribution is 5.91. The molecule has 1 aliphatic rings. The average molecular weight is 315 g/mol. The number of carbonyl (C=O) groups is 1. The first-order valence-electron chi connectivity index (χ1n) is 7.83. The number of likely N-dealkylation sites (tertiary alicyclic amines) is 1. The van der Waals surface area contributed by atoms with Gasteiger partial charge < -0.3 is 14.1 Å². The van der Waals surface area contributed by atoms with Gasteiger partial charge in [0, 0.05) is 37.9 Å². The number of carbonyl (C=O) groups excluding carboxylic acids is 1. The third kappa shape index (κ3) is 3.42. The summed E-state index contributed by atoms with van der Waals surface area (Å²) in [5.74, 6) is 1.47. The normalized spacial score (nSPS) is 15.8. The second kappa shape index (κ2) is 6.91. The Labute approximate surface area is 135 Å². The number of hydrogen-bond donors (Lipinski definition) is 0. The zero-order chi connectivity index (χ0) is 16.2. The highest BCUT2D eigenvalue weighted by Crippen LogP contribution is 2.29. The van der Waals surface area contributed by atoms with Gasteiger partial charge in [-0.05, 0) is 31.9 Å². The van der Waals surface area contributed by atoms with Crippen molar-refractivity contribution < 1.29 is 13.9 Å². The fourth-order valence-corrected chi connectivity index (χ4v) is 3.04. The largest absolute Gasteiger partial charge is 0.459 e. The molecule has 23 heavy (non-hydrogen) atoms. The molecule has 1 amide bonds. The highest BCUT2D eigenvalue weighted by Gasteiger charge is 2.27. The standard InChI is InChI=1S/C17H21N3O3/c1-12-18-10-14(11-22-2)16(19-12)13-5-7-20(8-6-13)17(21)15-4-3-9-23-15/h3-4,9-10,13H,5-8,11H2,1-2H3. The van der Waals surface area contributed by atoms with Crippen molar-refractivity contribution in [3.8, 4) is 0 Å². The lowest BCUT2D eigenvalue weighted by molar-refractivity contribution is 0.0679. The minimum Gasteiger partial charge on any atom is -0.459 e. The second-order valence-corrected chi connectivity index (χ2v) is 5.80. The van der Waals surface area contributed by atoms with Gasteiger partial charge in [0.05, 0.1) is 18.6 Å². The third-order valence-corrected chi connectivity index (χ3v) is 4.22. The van der Waals surface area contributed by atoms with E-state index >= 15 is 0 Å². The number of hydrogen-bond acceptors (Lipinski definition) is 5. The Balaban J connectivity index is 1.69. The fraction of sp³-hybridized carbons (Fsp3) is 0.471. The van der Waals surface area contributed by atoms with Gasteiger partial charge in [0.1, 0.15) is 5.82 Å². The molecule has 6 nitrogen and oxygen atoms in total. The summed E-state index contributed by atoms with van der Waals surface area (Å²) < 4.78 is 10.4. The Morgan fingerprint density at radius 1 is 1.43 bits per heavy atom. The van der Waals surface area contributed by atoms with Crippen LogP contribution < -0.4 is 0 Å². The molecule has 0 radical (unpaired) electrons. The summed E-state index contributed by atoms with van der Waals surface area (Å²) in [6.45, 7) is 3.83. The van der Waals surface area contributed by atoms with Crippen LogP contribution in [0, 0.1) is 6.92 Å². The van der Waals surface area contributed by atoms with Crippen molar-refractivity contribution in [2.45, 2.75) is 32.3 Å². The maximum absolute atomic E-state index is 12.3. The Kier molecular flexibility index (Phi) is 4.71. The van der Waals surface area contributed by atoms with Gasteiger partial charge in [-0.3, -0.25) is 4.79 Å². The number of rotatable bonds is 4. The van der Waals surface area contributed by atoms with Gasteiger partial charge in [0.15, 0.2) is 5.76 Å². The van der Waals surface area contributed by atoms with Crippen LogP contribution in [0.25, 0.3) is 0 Å². The molecule has 2 aromatic heterocycles. The highest BCUT2D eigenvalue weighted by atomic mass is 16.5. The van der Waals surface area contributed by atoms with E-state index in [1.807, 2.05) is 18.0 Å². The van der Waals surface area contributed by atoms with Crippen LogP contribution in [0.4, 0.5) is 0 Å². The molecule has 3 rings (SSSR count). The number of aryl methyl sites for hydroxylation is 1. The van der Waals surface area contributed by atoms with Crippen molar-refractivity contribution in [3.63, 3.8) is 0 Å². The minimum atomic E-state index is -0.0376. The second-order valence-electron chi connectivity index (χ2n) is 5.80. The summed E-state index contributed by atoms with van der Waals surface area (Å²) in [6.07, 6.45) is 5.15. The molecular weight excluding hydrogens is 294 g/mol. The maximum Gasteiger partial charge on any atom is 0.289 e. The molecule has 1 aliphatic heterocycles. The first kappa shape index (κ1) is 15.7. The molecule has 3 heterocycles. The Morgan fingerprint density at radius 2 is 2.22 bits per heavy atom. The molecule has 0 aliphatic carbocycles. The summed E-state index contributed by atoms with van der Waals surface area (Å²) in [6, 6.07) is 3.44. The van der Waals surface area contributed by atoms with Gasteiger partial charge in [-0.15, -0.1) is 0 Å². The number of aromatic nitrogens is 2. The predicted octanol–water partition coefficient (Wildman–Crippen LogP) is 2.54. The zero-order valence-electron chi connectivity index (χ0n) is 13.5. The van der Waals surface area contributed by atoms with E-state index in [0.29, 0.717) is 31.4 Å². The van der Waals surface area contributed by atoms with Crippen molar-refractivity contribution in [1.29, 1.82) is 0 Å². The Bertz CT molecular complexity index is 662. The molecule has 0 bridgehead atoms. The number of ether oxygens (including phenoxy) is 1. The van der Waals surface area contributed by atoms with E-state index in [1.54, 1.807) is 19.2 Å². The summed E-state index contributed by atoms with van der Waals surface area (Å²) in [7, 11) is 1.67. The molecule has 1 saturated heterocycles. The smallest absolute Gasteiger partial charge is 0.289 e. The average Bonchev–Trinajstić information content (AvgIpc) is 3.11. The van der Waals surface area contributed by atoms with E-state index in [2.05, 4.69) is 9.97 Å². The molecule has 0 atom stereocenters. The van der Waals surface area contributed by atoms with Crippen molar-refractivity contribution in [2.75, 3.05) is 20.2 Å². The van der Waals surface area contributed by atoms with Crippen LogP contribution in [0.3, 0.4) is 0 Å².